The quantitative estimate of drug-likeness (QED) is 0.815. The Morgan fingerprint density at radius 3 is 2.75 bits per heavy atom. The maximum atomic E-state index is 11.3. The molecular formula is C9H10N4OS2. The highest BCUT2D eigenvalue weighted by Gasteiger charge is 2.11. The van der Waals surface area contributed by atoms with Crippen LogP contribution < -0.4 is 5.73 Å². The fourth-order valence-electron chi connectivity index (χ4n) is 1.26. The smallest absolute Gasteiger partial charge is 0.218 e. The van der Waals surface area contributed by atoms with E-state index in [9.17, 15) is 4.21 Å². The molecule has 0 saturated carbocycles. The maximum Gasteiger partial charge on any atom is 0.218 e. The van der Waals surface area contributed by atoms with Crippen LogP contribution in [0.25, 0.3) is 10.6 Å². The number of anilines is 1. The summed E-state index contributed by atoms with van der Waals surface area (Å²) < 4.78 is 11.3. The van der Waals surface area contributed by atoms with Crippen LogP contribution in [0, 0.1) is 6.92 Å². The third-order valence-corrected chi connectivity index (χ3v) is 3.66. The summed E-state index contributed by atoms with van der Waals surface area (Å²) in [4.78, 5) is 13.2. The zero-order chi connectivity index (χ0) is 11.7. The first-order valence-corrected chi connectivity index (χ1v) is 6.85. The molecule has 0 radical (unpaired) electrons. The van der Waals surface area contributed by atoms with Gasteiger partial charge in [-0.1, -0.05) is 11.3 Å². The van der Waals surface area contributed by atoms with Crippen molar-refractivity contribution in [2.75, 3.05) is 12.0 Å². The van der Waals surface area contributed by atoms with Crippen LogP contribution in [0.3, 0.4) is 0 Å². The highest BCUT2D eigenvalue weighted by Crippen LogP contribution is 2.29. The van der Waals surface area contributed by atoms with Crippen LogP contribution in [-0.2, 0) is 10.8 Å². The fraction of sp³-hybridized carbons (Fsp3) is 0.222. The van der Waals surface area contributed by atoms with Gasteiger partial charge in [0.1, 0.15) is 0 Å². The van der Waals surface area contributed by atoms with Crippen molar-refractivity contribution in [2.24, 2.45) is 0 Å². The third kappa shape index (κ3) is 2.10. The van der Waals surface area contributed by atoms with Gasteiger partial charge in [-0.3, -0.25) is 4.21 Å². The largest absolute Gasteiger partial charge is 0.375 e. The lowest BCUT2D eigenvalue weighted by atomic mass is 10.3. The molecule has 0 aromatic carbocycles. The number of rotatable bonds is 2. The predicted octanol–water partition coefficient (Wildman–Crippen LogP) is 1.23. The molecule has 7 heteroatoms. The zero-order valence-electron chi connectivity index (χ0n) is 8.80. The average Bonchev–Trinajstić information content (AvgIpc) is 2.58. The molecule has 16 heavy (non-hydrogen) atoms. The molecule has 5 nitrogen and oxygen atoms in total. The van der Waals surface area contributed by atoms with Gasteiger partial charge in [0.2, 0.25) is 5.16 Å². The van der Waals surface area contributed by atoms with E-state index in [0.717, 1.165) is 10.6 Å². The Labute approximate surface area is 99.2 Å². The van der Waals surface area contributed by atoms with Gasteiger partial charge < -0.3 is 5.73 Å². The van der Waals surface area contributed by atoms with Crippen LogP contribution in [-0.4, -0.2) is 25.4 Å². The fourth-order valence-corrected chi connectivity index (χ4v) is 2.50. The van der Waals surface area contributed by atoms with Gasteiger partial charge in [-0.05, 0) is 13.0 Å². The molecule has 2 heterocycles. The Bertz CT molecular complexity index is 552. The lowest BCUT2D eigenvalue weighted by molar-refractivity contribution is 0.680. The van der Waals surface area contributed by atoms with Crippen LogP contribution in [0.1, 0.15) is 5.69 Å². The minimum absolute atomic E-state index is 0.323. The molecule has 0 bridgehead atoms. The Kier molecular flexibility index (Phi) is 2.97. The van der Waals surface area contributed by atoms with Gasteiger partial charge in [-0.2, -0.15) is 0 Å². The predicted molar refractivity (Wildman–Crippen MR) is 64.6 cm³/mol. The molecular weight excluding hydrogens is 244 g/mol. The van der Waals surface area contributed by atoms with Crippen molar-refractivity contribution in [2.45, 2.75) is 12.1 Å². The second kappa shape index (κ2) is 4.26. The molecule has 2 aromatic heterocycles. The Hall–Kier alpha value is -1.34. The molecule has 0 fully saturated rings. The SMILES string of the molecule is Cc1nc(N)sc1-c1ccnc(S(C)=O)n1. The van der Waals surface area contributed by atoms with Gasteiger partial charge in [-0.15, -0.1) is 0 Å². The number of nitrogens with two attached hydrogens (primary N) is 1. The number of hydrogen-bond donors (Lipinski definition) is 1. The van der Waals surface area contributed by atoms with E-state index in [1.165, 1.54) is 11.3 Å². The van der Waals surface area contributed by atoms with E-state index in [0.29, 0.717) is 16.0 Å². The van der Waals surface area contributed by atoms with E-state index < -0.39 is 10.8 Å². The first kappa shape index (κ1) is 11.2. The van der Waals surface area contributed by atoms with Gasteiger partial charge in [0.25, 0.3) is 0 Å². The van der Waals surface area contributed by atoms with E-state index >= 15 is 0 Å². The molecule has 0 amide bonds. The van der Waals surface area contributed by atoms with Gasteiger partial charge in [0.15, 0.2) is 5.13 Å². The first-order chi connectivity index (χ1) is 7.58. The first-order valence-electron chi connectivity index (χ1n) is 4.47. The molecule has 1 unspecified atom stereocenters. The van der Waals surface area contributed by atoms with Crippen molar-refractivity contribution < 1.29 is 4.21 Å². The van der Waals surface area contributed by atoms with E-state index in [1.807, 2.05) is 6.92 Å². The van der Waals surface area contributed by atoms with Crippen molar-refractivity contribution in [3.8, 4) is 10.6 Å². The normalized spacial score (nSPS) is 12.6. The van der Waals surface area contributed by atoms with Crippen LogP contribution in [0.2, 0.25) is 0 Å². The van der Waals surface area contributed by atoms with Gasteiger partial charge in [0, 0.05) is 12.5 Å². The Morgan fingerprint density at radius 2 is 2.19 bits per heavy atom. The third-order valence-electron chi connectivity index (χ3n) is 1.94. The minimum atomic E-state index is -1.18. The van der Waals surface area contributed by atoms with Gasteiger partial charge >= 0.3 is 0 Å². The summed E-state index contributed by atoms with van der Waals surface area (Å²) in [5.74, 6) is 0. The Balaban J connectivity index is 2.52. The van der Waals surface area contributed by atoms with Crippen LogP contribution in [0.15, 0.2) is 17.4 Å². The van der Waals surface area contributed by atoms with Crippen molar-refractivity contribution in [1.29, 1.82) is 0 Å². The zero-order valence-corrected chi connectivity index (χ0v) is 10.4. The van der Waals surface area contributed by atoms with E-state index in [-0.39, 0.29) is 0 Å². The highest BCUT2D eigenvalue weighted by atomic mass is 32.2. The number of nitrogens with zero attached hydrogens (tertiary/aromatic N) is 3. The molecule has 1 atom stereocenters. The second-order valence-electron chi connectivity index (χ2n) is 3.15. The summed E-state index contributed by atoms with van der Waals surface area (Å²) in [7, 11) is -1.18. The summed E-state index contributed by atoms with van der Waals surface area (Å²) in [5, 5.41) is 0.828. The van der Waals surface area contributed by atoms with E-state index in [4.69, 9.17) is 5.73 Å². The standard InChI is InChI=1S/C9H10N4OS2/c1-5-7(15-8(10)12-5)6-3-4-11-9(13-6)16(2)14/h3-4H,1-2H3,(H2,10,12). The maximum absolute atomic E-state index is 11.3. The number of nitrogen functional groups attached to an aromatic ring is 1. The molecule has 2 aromatic rings. The number of hydrogen-bond acceptors (Lipinski definition) is 6. The lowest BCUT2D eigenvalue weighted by Gasteiger charge is -1.99. The van der Waals surface area contributed by atoms with Crippen molar-refractivity contribution in [3.05, 3.63) is 18.0 Å². The van der Waals surface area contributed by atoms with E-state index in [2.05, 4.69) is 15.0 Å². The minimum Gasteiger partial charge on any atom is -0.375 e. The van der Waals surface area contributed by atoms with E-state index in [1.54, 1.807) is 18.5 Å². The molecule has 2 rings (SSSR count). The second-order valence-corrected chi connectivity index (χ2v) is 5.45. The Morgan fingerprint density at radius 1 is 1.44 bits per heavy atom. The summed E-state index contributed by atoms with van der Waals surface area (Å²) in [6, 6.07) is 1.76. The summed E-state index contributed by atoms with van der Waals surface area (Å²) in [6.07, 6.45) is 3.14. The molecule has 0 aliphatic carbocycles. The number of thiazole rings is 1. The average molecular weight is 254 g/mol. The molecule has 0 saturated heterocycles. The van der Waals surface area contributed by atoms with Crippen molar-refractivity contribution >= 4 is 27.3 Å². The molecule has 84 valence electrons. The number of aromatic nitrogens is 3. The van der Waals surface area contributed by atoms with Crippen LogP contribution in [0.4, 0.5) is 5.13 Å². The summed E-state index contributed by atoms with van der Waals surface area (Å²) in [5.41, 5.74) is 7.16. The molecule has 0 aliphatic heterocycles. The highest BCUT2D eigenvalue weighted by molar-refractivity contribution is 7.84. The summed E-state index contributed by atoms with van der Waals surface area (Å²) in [6.45, 7) is 1.87. The number of aryl methyl sites for hydroxylation is 1. The van der Waals surface area contributed by atoms with Crippen molar-refractivity contribution in [3.63, 3.8) is 0 Å². The topological polar surface area (TPSA) is 81.8 Å². The molecule has 0 spiro atoms. The molecule has 2 N–H and O–H groups in total. The van der Waals surface area contributed by atoms with Crippen LogP contribution >= 0.6 is 11.3 Å². The lowest BCUT2D eigenvalue weighted by Crippen LogP contribution is -1.97. The summed E-state index contributed by atoms with van der Waals surface area (Å²) >= 11 is 1.37. The monoisotopic (exact) mass is 254 g/mol. The van der Waals surface area contributed by atoms with Crippen LogP contribution in [0.5, 0.6) is 0 Å². The van der Waals surface area contributed by atoms with Crippen molar-refractivity contribution in [1.82, 2.24) is 15.0 Å². The molecule has 0 aliphatic rings. The van der Waals surface area contributed by atoms with Gasteiger partial charge in [0.05, 0.1) is 27.1 Å². The van der Waals surface area contributed by atoms with Gasteiger partial charge in [-0.25, -0.2) is 15.0 Å².